The monoisotopic (exact) mass is 368 g/mol. The maximum absolute atomic E-state index is 11.4. The third kappa shape index (κ3) is 4.86. The molecule has 0 N–H and O–H groups in total. The van der Waals surface area contributed by atoms with Gasteiger partial charge in [-0.05, 0) is 25.0 Å². The van der Waals surface area contributed by atoms with E-state index in [1.807, 2.05) is 0 Å². The van der Waals surface area contributed by atoms with E-state index in [9.17, 15) is 20.2 Å². The minimum atomic E-state index is -0.672. The molecule has 0 saturated heterocycles. The third-order valence-electron chi connectivity index (χ3n) is 4.05. The Morgan fingerprint density at radius 1 is 0.815 bits per heavy atom. The first-order valence-corrected chi connectivity index (χ1v) is 8.33. The number of ether oxygens (including phenoxy) is 1. The zero-order valence-corrected chi connectivity index (χ0v) is 14.7. The van der Waals surface area contributed by atoms with Crippen molar-refractivity contribution in [3.05, 3.63) is 105 Å². The highest BCUT2D eigenvalue weighted by Gasteiger charge is 2.28. The molecule has 2 aromatic rings. The molecule has 2 rings (SSSR count). The molecule has 2 unspecified atom stereocenters. The van der Waals surface area contributed by atoms with E-state index >= 15 is 0 Å². The Balaban J connectivity index is 2.46. The van der Waals surface area contributed by atoms with E-state index < -0.39 is 22.1 Å². The highest BCUT2D eigenvalue weighted by molar-refractivity contribution is 5.43. The Kier molecular flexibility index (Phi) is 6.96. The van der Waals surface area contributed by atoms with E-state index in [-0.39, 0.29) is 11.4 Å². The second-order valence-corrected chi connectivity index (χ2v) is 5.79. The van der Waals surface area contributed by atoms with Crippen LogP contribution in [0.5, 0.6) is 0 Å². The largest absolute Gasteiger partial charge is 0.364 e. The fourth-order valence-electron chi connectivity index (χ4n) is 2.86. The lowest BCUT2D eigenvalue weighted by Gasteiger charge is -2.24. The molecular weight excluding hydrogens is 348 g/mol. The lowest BCUT2D eigenvalue weighted by molar-refractivity contribution is -0.386. The minimum Gasteiger partial charge on any atom is -0.364 e. The van der Waals surface area contributed by atoms with Gasteiger partial charge in [-0.1, -0.05) is 36.4 Å². The van der Waals surface area contributed by atoms with Crippen molar-refractivity contribution in [2.75, 3.05) is 0 Å². The van der Waals surface area contributed by atoms with Crippen LogP contribution in [-0.4, -0.2) is 9.85 Å². The number of nitrogens with zero attached hydrogens (tertiary/aromatic N) is 2. The summed E-state index contributed by atoms with van der Waals surface area (Å²) in [5.41, 5.74) is 0.665. The van der Waals surface area contributed by atoms with E-state index in [0.29, 0.717) is 24.0 Å². The van der Waals surface area contributed by atoms with E-state index in [4.69, 9.17) is 4.74 Å². The van der Waals surface area contributed by atoms with Gasteiger partial charge >= 0.3 is 0 Å². The lowest BCUT2D eigenvalue weighted by atomic mass is 10.0. The Morgan fingerprint density at radius 3 is 1.52 bits per heavy atom. The van der Waals surface area contributed by atoms with Crippen molar-refractivity contribution in [1.82, 2.24) is 0 Å². The maximum atomic E-state index is 11.4. The van der Waals surface area contributed by atoms with Gasteiger partial charge in [-0.3, -0.25) is 20.2 Å². The smallest absolute Gasteiger partial charge is 0.275 e. The van der Waals surface area contributed by atoms with Crippen LogP contribution in [0.25, 0.3) is 0 Å². The van der Waals surface area contributed by atoms with Crippen LogP contribution in [-0.2, 0) is 4.74 Å². The normalized spacial score (nSPS) is 12.7. The predicted molar refractivity (Wildman–Crippen MR) is 102 cm³/mol. The van der Waals surface area contributed by atoms with Gasteiger partial charge < -0.3 is 4.74 Å². The van der Waals surface area contributed by atoms with Gasteiger partial charge in [0.1, 0.15) is 0 Å². The summed E-state index contributed by atoms with van der Waals surface area (Å²) in [6.07, 6.45) is 2.50. The van der Waals surface area contributed by atoms with Crippen molar-refractivity contribution in [2.45, 2.75) is 25.0 Å². The fourth-order valence-corrected chi connectivity index (χ4v) is 2.86. The average molecular weight is 368 g/mol. The van der Waals surface area contributed by atoms with Crippen LogP contribution in [0.2, 0.25) is 0 Å². The fraction of sp³-hybridized carbons (Fsp3) is 0.200. The maximum Gasteiger partial charge on any atom is 0.275 e. The average Bonchev–Trinajstić information content (AvgIpc) is 2.67. The number of rotatable bonds is 10. The van der Waals surface area contributed by atoms with E-state index in [2.05, 4.69) is 13.2 Å². The number of nitro groups is 2. The summed E-state index contributed by atoms with van der Waals surface area (Å²) >= 11 is 0. The first kappa shape index (κ1) is 20.0. The zero-order valence-electron chi connectivity index (χ0n) is 14.7. The molecule has 0 amide bonds. The van der Waals surface area contributed by atoms with Crippen LogP contribution in [0.1, 0.15) is 36.2 Å². The Hall–Kier alpha value is -3.32. The Morgan fingerprint density at radius 2 is 1.19 bits per heavy atom. The summed E-state index contributed by atoms with van der Waals surface area (Å²) in [6.45, 7) is 7.39. The van der Waals surface area contributed by atoms with E-state index in [1.165, 1.54) is 12.1 Å². The van der Waals surface area contributed by atoms with Crippen molar-refractivity contribution in [3.8, 4) is 0 Å². The molecule has 0 heterocycles. The molecular formula is C20H20N2O5. The molecule has 2 atom stereocenters. The molecule has 0 aliphatic heterocycles. The molecule has 0 bridgehead atoms. The second kappa shape index (κ2) is 9.40. The highest BCUT2D eigenvalue weighted by atomic mass is 16.6. The van der Waals surface area contributed by atoms with Crippen LogP contribution >= 0.6 is 0 Å². The van der Waals surface area contributed by atoms with Gasteiger partial charge in [0, 0.05) is 12.1 Å². The molecule has 7 heteroatoms. The summed E-state index contributed by atoms with van der Waals surface area (Å²) < 4.78 is 6.13. The van der Waals surface area contributed by atoms with E-state index in [1.54, 1.807) is 48.6 Å². The van der Waals surface area contributed by atoms with Gasteiger partial charge in [-0.15, -0.1) is 13.2 Å². The number of hydrogen-bond donors (Lipinski definition) is 0. The summed E-state index contributed by atoms with van der Waals surface area (Å²) in [5, 5.41) is 22.7. The van der Waals surface area contributed by atoms with Gasteiger partial charge in [-0.25, -0.2) is 0 Å². The van der Waals surface area contributed by atoms with Gasteiger partial charge in [0.25, 0.3) is 11.4 Å². The van der Waals surface area contributed by atoms with Crippen molar-refractivity contribution in [3.63, 3.8) is 0 Å². The Labute approximate surface area is 156 Å². The molecule has 0 aliphatic carbocycles. The zero-order chi connectivity index (χ0) is 19.8. The topological polar surface area (TPSA) is 95.5 Å². The minimum absolute atomic E-state index is 0.0655. The Bertz CT molecular complexity index is 780. The summed E-state index contributed by atoms with van der Waals surface area (Å²) in [6, 6.07) is 12.6. The molecule has 0 spiro atoms. The van der Waals surface area contributed by atoms with Crippen molar-refractivity contribution in [1.29, 1.82) is 0 Å². The third-order valence-corrected chi connectivity index (χ3v) is 4.05. The number of nitro benzene ring substituents is 2. The molecule has 0 aromatic heterocycles. The first-order valence-electron chi connectivity index (χ1n) is 8.33. The van der Waals surface area contributed by atoms with Crippen molar-refractivity contribution < 1.29 is 14.6 Å². The SMILES string of the molecule is C=CCC(OC(CC=C)c1ccccc1[N+](=O)[O-])c1ccccc1[N+](=O)[O-]. The quantitative estimate of drug-likeness (QED) is 0.315. The van der Waals surface area contributed by atoms with Gasteiger partial charge in [0.15, 0.2) is 0 Å². The predicted octanol–water partition coefficient (Wildman–Crippen LogP) is 5.45. The summed E-state index contributed by atoms with van der Waals surface area (Å²) in [4.78, 5) is 21.8. The summed E-state index contributed by atoms with van der Waals surface area (Å²) in [7, 11) is 0. The number of benzene rings is 2. The molecule has 0 aliphatic rings. The molecule has 27 heavy (non-hydrogen) atoms. The molecule has 0 fully saturated rings. The van der Waals surface area contributed by atoms with Crippen LogP contribution in [0, 0.1) is 20.2 Å². The van der Waals surface area contributed by atoms with Crippen LogP contribution < -0.4 is 0 Å². The second-order valence-electron chi connectivity index (χ2n) is 5.79. The van der Waals surface area contributed by atoms with Gasteiger partial charge in [0.05, 0.1) is 33.2 Å². The summed E-state index contributed by atoms with van der Waals surface area (Å²) in [5.74, 6) is 0. The van der Waals surface area contributed by atoms with Crippen LogP contribution in [0.15, 0.2) is 73.8 Å². The lowest BCUT2D eigenvalue weighted by Crippen LogP contribution is -2.13. The molecule has 0 saturated carbocycles. The van der Waals surface area contributed by atoms with Gasteiger partial charge in [-0.2, -0.15) is 0 Å². The first-order chi connectivity index (χ1) is 13.0. The molecule has 0 radical (unpaired) electrons. The van der Waals surface area contributed by atoms with Crippen LogP contribution in [0.4, 0.5) is 11.4 Å². The molecule has 7 nitrogen and oxygen atoms in total. The number of para-hydroxylation sites is 2. The standard InChI is InChI=1S/C20H20N2O5/c1-3-9-19(15-11-5-7-13-17(15)21(23)24)27-20(10-4-2)16-12-6-8-14-18(16)22(25)26/h3-8,11-14,19-20H,1-2,9-10H2. The van der Waals surface area contributed by atoms with Crippen LogP contribution in [0.3, 0.4) is 0 Å². The molecule has 140 valence electrons. The van der Waals surface area contributed by atoms with E-state index in [0.717, 1.165) is 0 Å². The van der Waals surface area contributed by atoms with Crippen molar-refractivity contribution >= 4 is 11.4 Å². The highest BCUT2D eigenvalue weighted by Crippen LogP contribution is 2.38. The molecule has 2 aromatic carbocycles. The number of hydrogen-bond acceptors (Lipinski definition) is 5. The van der Waals surface area contributed by atoms with Crippen molar-refractivity contribution in [2.24, 2.45) is 0 Å². The van der Waals surface area contributed by atoms with Gasteiger partial charge in [0.2, 0.25) is 0 Å².